The van der Waals surface area contributed by atoms with Gasteiger partial charge in [-0.15, -0.1) is 0 Å². The Labute approximate surface area is 245 Å². The highest BCUT2D eigenvalue weighted by molar-refractivity contribution is 7.80. The minimum atomic E-state index is -3.00. The molecule has 1 aliphatic rings. The Morgan fingerprint density at radius 3 is 2.36 bits per heavy atom. The normalized spacial score (nSPS) is 14.3. The Kier molecular flexibility index (Phi) is 10.0. The molecule has 1 aliphatic heterocycles. The highest BCUT2D eigenvalue weighted by Crippen LogP contribution is 2.30. The molecule has 0 spiro atoms. The quantitative estimate of drug-likeness (QED) is 0.147. The standard InChI is InChI=1S/C29H30F4N4O4S/c1-4-40-24-9-6-17(14-25(24)41-5-2)10-11-36-28(38)21(34-29(36)42)13-18-7-8-23(39-3)19(12-18)16-37-22(27(32)33)15-20(35-37)26(30)31/h6-9,12-15,26-27H,4-5,10-11,16H2,1-3H3,(H,34,42)/b21-13+. The van der Waals surface area contributed by atoms with E-state index >= 15 is 0 Å². The first-order valence-corrected chi connectivity index (χ1v) is 13.6. The summed E-state index contributed by atoms with van der Waals surface area (Å²) in [6.45, 7) is 4.84. The minimum absolute atomic E-state index is 0.227. The van der Waals surface area contributed by atoms with Crippen molar-refractivity contribution in [3.63, 3.8) is 0 Å². The van der Waals surface area contributed by atoms with Crippen molar-refractivity contribution >= 4 is 29.3 Å². The number of methoxy groups -OCH3 is 1. The summed E-state index contributed by atoms with van der Waals surface area (Å²) < 4.78 is 70.7. The van der Waals surface area contributed by atoms with E-state index in [-0.39, 0.29) is 23.3 Å². The van der Waals surface area contributed by atoms with Gasteiger partial charge in [-0.2, -0.15) is 5.10 Å². The Morgan fingerprint density at radius 1 is 0.976 bits per heavy atom. The fraction of sp³-hybridized carbons (Fsp3) is 0.345. The van der Waals surface area contributed by atoms with Crippen molar-refractivity contribution in [2.45, 2.75) is 39.7 Å². The number of thiocarbonyl (C=S) groups is 1. The van der Waals surface area contributed by atoms with Crippen LogP contribution < -0.4 is 19.5 Å². The zero-order valence-corrected chi connectivity index (χ0v) is 24.0. The predicted octanol–water partition coefficient (Wildman–Crippen LogP) is 5.91. The molecule has 1 saturated heterocycles. The van der Waals surface area contributed by atoms with E-state index in [4.69, 9.17) is 26.4 Å². The highest BCUT2D eigenvalue weighted by atomic mass is 32.1. The number of nitrogens with zero attached hydrogens (tertiary/aromatic N) is 3. The smallest absolute Gasteiger partial charge is 0.282 e. The van der Waals surface area contributed by atoms with Crippen LogP contribution in [0.4, 0.5) is 17.6 Å². The van der Waals surface area contributed by atoms with E-state index < -0.39 is 24.2 Å². The highest BCUT2D eigenvalue weighted by Gasteiger charge is 2.30. The van der Waals surface area contributed by atoms with Gasteiger partial charge in [0, 0.05) is 12.1 Å². The summed E-state index contributed by atoms with van der Waals surface area (Å²) in [5.74, 6) is 1.29. The van der Waals surface area contributed by atoms with Gasteiger partial charge in [-0.3, -0.25) is 14.4 Å². The molecule has 0 bridgehead atoms. The number of nitrogens with one attached hydrogen (secondary N) is 1. The first kappa shape index (κ1) is 30.8. The average Bonchev–Trinajstić information content (AvgIpc) is 3.50. The van der Waals surface area contributed by atoms with Gasteiger partial charge in [-0.05, 0) is 80.0 Å². The van der Waals surface area contributed by atoms with Gasteiger partial charge in [-0.25, -0.2) is 17.6 Å². The van der Waals surface area contributed by atoms with E-state index in [0.29, 0.717) is 60.6 Å². The maximum absolute atomic E-state index is 13.5. The molecule has 1 N–H and O–H groups in total. The molecule has 4 rings (SSSR count). The van der Waals surface area contributed by atoms with Gasteiger partial charge in [0.15, 0.2) is 16.6 Å². The summed E-state index contributed by atoms with van der Waals surface area (Å²) in [7, 11) is 1.40. The topological polar surface area (TPSA) is 77.8 Å². The van der Waals surface area contributed by atoms with Crippen LogP contribution in [0.25, 0.3) is 6.08 Å². The van der Waals surface area contributed by atoms with Gasteiger partial charge < -0.3 is 19.5 Å². The van der Waals surface area contributed by atoms with Crippen LogP contribution in [0.5, 0.6) is 17.2 Å². The molecule has 2 aromatic carbocycles. The van der Waals surface area contributed by atoms with Crippen molar-refractivity contribution in [1.82, 2.24) is 20.0 Å². The van der Waals surface area contributed by atoms with Gasteiger partial charge >= 0.3 is 0 Å². The molecular formula is C29H30F4N4O4S. The van der Waals surface area contributed by atoms with Gasteiger partial charge in [0.2, 0.25) is 0 Å². The lowest BCUT2D eigenvalue weighted by Gasteiger charge is -2.16. The van der Waals surface area contributed by atoms with Crippen molar-refractivity contribution in [2.75, 3.05) is 26.9 Å². The summed E-state index contributed by atoms with van der Waals surface area (Å²) >= 11 is 5.41. The van der Waals surface area contributed by atoms with E-state index in [9.17, 15) is 22.4 Å². The molecule has 1 fully saturated rings. The molecule has 3 aromatic rings. The van der Waals surface area contributed by atoms with Crippen molar-refractivity contribution in [3.8, 4) is 17.2 Å². The predicted molar refractivity (Wildman–Crippen MR) is 152 cm³/mol. The maximum Gasteiger partial charge on any atom is 0.282 e. The third-order valence-electron chi connectivity index (χ3n) is 6.41. The van der Waals surface area contributed by atoms with E-state index in [1.54, 1.807) is 24.3 Å². The molecule has 2 heterocycles. The molecule has 13 heteroatoms. The van der Waals surface area contributed by atoms with Gasteiger partial charge in [0.25, 0.3) is 18.8 Å². The molecule has 0 atom stereocenters. The van der Waals surface area contributed by atoms with Crippen LogP contribution in [0.15, 0.2) is 48.2 Å². The monoisotopic (exact) mass is 606 g/mol. The minimum Gasteiger partial charge on any atom is -0.496 e. The molecule has 0 radical (unpaired) electrons. The van der Waals surface area contributed by atoms with Crippen LogP contribution in [0.3, 0.4) is 0 Å². The lowest BCUT2D eigenvalue weighted by atomic mass is 10.1. The number of carbonyl (C=O) groups is 1. The van der Waals surface area contributed by atoms with Crippen LogP contribution in [-0.4, -0.2) is 52.6 Å². The van der Waals surface area contributed by atoms with E-state index in [1.807, 2.05) is 32.0 Å². The van der Waals surface area contributed by atoms with Crippen LogP contribution in [0.2, 0.25) is 0 Å². The average molecular weight is 607 g/mol. The second-order valence-corrected chi connectivity index (χ2v) is 9.55. The SMILES string of the molecule is CCOc1ccc(CCN2C(=O)/C(=C\c3ccc(OC)c(Cn4nc(C(F)F)cc4C(F)F)c3)NC2=S)cc1OCC. The van der Waals surface area contributed by atoms with Crippen molar-refractivity contribution in [3.05, 3.63) is 76.2 Å². The first-order chi connectivity index (χ1) is 20.1. The van der Waals surface area contributed by atoms with E-state index in [0.717, 1.165) is 10.2 Å². The Morgan fingerprint density at radius 2 is 1.69 bits per heavy atom. The molecule has 0 saturated carbocycles. The second kappa shape index (κ2) is 13.7. The number of halogens is 4. The second-order valence-electron chi connectivity index (χ2n) is 9.17. The lowest BCUT2D eigenvalue weighted by molar-refractivity contribution is -0.122. The van der Waals surface area contributed by atoms with Crippen LogP contribution in [0, 0.1) is 0 Å². The molecule has 0 unspecified atom stereocenters. The molecule has 0 aliphatic carbocycles. The number of hydrogen-bond acceptors (Lipinski definition) is 6. The summed E-state index contributed by atoms with van der Waals surface area (Å²) in [5.41, 5.74) is 0.737. The molecule has 1 amide bonds. The Balaban J connectivity index is 1.52. The number of aromatic nitrogens is 2. The number of benzene rings is 2. The largest absolute Gasteiger partial charge is 0.496 e. The van der Waals surface area contributed by atoms with Crippen LogP contribution in [0.1, 0.15) is 54.8 Å². The van der Waals surface area contributed by atoms with Gasteiger partial charge in [-0.1, -0.05) is 12.1 Å². The fourth-order valence-electron chi connectivity index (χ4n) is 4.47. The maximum atomic E-state index is 13.5. The number of alkyl halides is 4. The van der Waals surface area contributed by atoms with E-state index in [1.165, 1.54) is 12.0 Å². The van der Waals surface area contributed by atoms with Gasteiger partial charge in [0.05, 0.1) is 26.9 Å². The third kappa shape index (κ3) is 7.01. The number of hydrogen-bond donors (Lipinski definition) is 1. The zero-order chi connectivity index (χ0) is 30.4. The first-order valence-electron chi connectivity index (χ1n) is 13.2. The fourth-order valence-corrected chi connectivity index (χ4v) is 4.75. The Hall–Kier alpha value is -4.13. The molecule has 8 nitrogen and oxygen atoms in total. The number of ether oxygens (including phenoxy) is 3. The van der Waals surface area contributed by atoms with Crippen molar-refractivity contribution in [1.29, 1.82) is 0 Å². The van der Waals surface area contributed by atoms with Crippen molar-refractivity contribution in [2.24, 2.45) is 0 Å². The van der Waals surface area contributed by atoms with Crippen LogP contribution in [-0.2, 0) is 17.8 Å². The summed E-state index contributed by atoms with van der Waals surface area (Å²) in [5, 5.41) is 6.82. The van der Waals surface area contributed by atoms with E-state index in [2.05, 4.69) is 10.4 Å². The summed E-state index contributed by atoms with van der Waals surface area (Å²) in [6.07, 6.45) is -3.91. The summed E-state index contributed by atoms with van der Waals surface area (Å²) in [4.78, 5) is 14.7. The number of amides is 1. The number of carbonyl (C=O) groups excluding carboxylic acids is 1. The van der Waals surface area contributed by atoms with Crippen LogP contribution >= 0.6 is 12.2 Å². The molecule has 42 heavy (non-hydrogen) atoms. The molecular weight excluding hydrogens is 576 g/mol. The lowest BCUT2D eigenvalue weighted by Crippen LogP contribution is -2.32. The molecule has 224 valence electrons. The Bertz CT molecular complexity index is 1480. The molecule has 1 aromatic heterocycles. The zero-order valence-electron chi connectivity index (χ0n) is 23.2. The summed E-state index contributed by atoms with van der Waals surface area (Å²) in [6, 6.07) is 11.2. The number of rotatable bonds is 13. The van der Waals surface area contributed by atoms with Gasteiger partial charge in [0.1, 0.15) is 22.8 Å². The van der Waals surface area contributed by atoms with Crippen molar-refractivity contribution < 1.29 is 36.6 Å². The third-order valence-corrected chi connectivity index (χ3v) is 6.73.